The van der Waals surface area contributed by atoms with Crippen LogP contribution in [-0.2, 0) is 9.59 Å². The number of hydrogen-bond acceptors (Lipinski definition) is 2. The van der Waals surface area contributed by atoms with Gasteiger partial charge in [-0.05, 0) is 12.1 Å². The number of carbonyl (C=O) groups excluding carboxylic acids is 2. The van der Waals surface area contributed by atoms with Gasteiger partial charge in [-0.3, -0.25) is 9.59 Å². The van der Waals surface area contributed by atoms with Crippen LogP contribution in [-0.4, -0.2) is 11.7 Å². The number of Topliss-reactive ketones (excluding diaryl/α,β-unsaturated/α-hetero) is 1. The zero-order valence-corrected chi connectivity index (χ0v) is 7.30. The minimum atomic E-state index is -1.08. The van der Waals surface area contributed by atoms with Crippen LogP contribution in [0.4, 0.5) is 14.5 Å². The summed E-state index contributed by atoms with van der Waals surface area (Å²) >= 11 is 0. The van der Waals surface area contributed by atoms with Gasteiger partial charge in [0.05, 0.1) is 0 Å². The lowest BCUT2D eigenvalue weighted by Crippen LogP contribution is -2.19. The van der Waals surface area contributed by atoms with Gasteiger partial charge in [-0.25, -0.2) is 8.78 Å². The summed E-state index contributed by atoms with van der Waals surface area (Å²) in [6.07, 6.45) is 0. The zero-order chi connectivity index (χ0) is 10.7. The van der Waals surface area contributed by atoms with Gasteiger partial charge in [0, 0.05) is 18.7 Å². The molecule has 0 aliphatic rings. The summed E-state index contributed by atoms with van der Waals surface area (Å²) in [6, 6.07) is 2.83. The van der Waals surface area contributed by atoms with E-state index in [0.29, 0.717) is 0 Å². The van der Waals surface area contributed by atoms with E-state index in [0.717, 1.165) is 19.1 Å². The predicted molar refractivity (Wildman–Crippen MR) is 45.7 cm³/mol. The molecule has 0 aliphatic heterocycles. The fraction of sp³-hybridized carbons (Fsp3) is 0.111. The molecule has 0 saturated carbocycles. The van der Waals surface area contributed by atoms with Gasteiger partial charge < -0.3 is 5.32 Å². The van der Waals surface area contributed by atoms with E-state index in [1.54, 1.807) is 0 Å². The van der Waals surface area contributed by atoms with Crippen molar-refractivity contribution in [2.24, 2.45) is 0 Å². The Morgan fingerprint density at radius 3 is 2.36 bits per heavy atom. The highest BCUT2D eigenvalue weighted by Gasteiger charge is 2.09. The van der Waals surface area contributed by atoms with Crippen LogP contribution < -0.4 is 5.32 Å². The molecule has 0 radical (unpaired) electrons. The first kappa shape index (κ1) is 10.3. The number of rotatable bonds is 2. The summed E-state index contributed by atoms with van der Waals surface area (Å²) in [6.45, 7) is 1.08. The molecule has 74 valence electrons. The maximum absolute atomic E-state index is 12.6. The Balaban J connectivity index is 2.83. The minimum absolute atomic E-state index is 0.0455. The van der Waals surface area contributed by atoms with E-state index >= 15 is 0 Å². The van der Waals surface area contributed by atoms with Crippen molar-refractivity contribution >= 4 is 17.4 Å². The summed E-state index contributed by atoms with van der Waals surface area (Å²) in [5.41, 5.74) is 0.0455. The standard InChI is InChI=1S/C9H7F2NO2/c1-5(13)9(14)12-6-2-3-7(10)8(11)4-6/h2-4H,1H3,(H,12,14). The first-order valence-electron chi connectivity index (χ1n) is 3.77. The van der Waals surface area contributed by atoms with Crippen molar-refractivity contribution in [2.45, 2.75) is 6.92 Å². The molecule has 1 rings (SSSR count). The summed E-state index contributed by atoms with van der Waals surface area (Å²) in [5.74, 6) is -3.65. The van der Waals surface area contributed by atoms with Crippen LogP contribution in [0.25, 0.3) is 0 Å². The van der Waals surface area contributed by atoms with Crippen molar-refractivity contribution < 1.29 is 18.4 Å². The van der Waals surface area contributed by atoms with E-state index in [9.17, 15) is 18.4 Å². The third-order valence-electron chi connectivity index (χ3n) is 1.50. The Kier molecular flexibility index (Phi) is 2.91. The second-order valence-electron chi connectivity index (χ2n) is 2.64. The highest BCUT2D eigenvalue weighted by molar-refractivity contribution is 6.39. The van der Waals surface area contributed by atoms with E-state index in [1.807, 2.05) is 0 Å². The maximum Gasteiger partial charge on any atom is 0.291 e. The topological polar surface area (TPSA) is 46.2 Å². The lowest BCUT2D eigenvalue weighted by molar-refractivity contribution is -0.133. The third kappa shape index (κ3) is 2.35. The number of carbonyl (C=O) groups is 2. The molecule has 0 saturated heterocycles. The maximum atomic E-state index is 12.6. The Labute approximate surface area is 78.7 Å². The van der Waals surface area contributed by atoms with Gasteiger partial charge in [-0.15, -0.1) is 0 Å². The third-order valence-corrected chi connectivity index (χ3v) is 1.50. The van der Waals surface area contributed by atoms with E-state index in [2.05, 4.69) is 5.32 Å². The smallest absolute Gasteiger partial charge is 0.291 e. The SMILES string of the molecule is CC(=O)C(=O)Nc1ccc(F)c(F)c1. The van der Waals surface area contributed by atoms with Crippen LogP contribution in [0.5, 0.6) is 0 Å². The minimum Gasteiger partial charge on any atom is -0.319 e. The molecule has 1 aromatic carbocycles. The van der Waals surface area contributed by atoms with Crippen molar-refractivity contribution in [3.05, 3.63) is 29.8 Å². The van der Waals surface area contributed by atoms with Crippen molar-refractivity contribution in [3.8, 4) is 0 Å². The van der Waals surface area contributed by atoms with Crippen LogP contribution >= 0.6 is 0 Å². The first-order chi connectivity index (χ1) is 6.50. The van der Waals surface area contributed by atoms with Crippen molar-refractivity contribution in [3.63, 3.8) is 0 Å². The van der Waals surface area contributed by atoms with Gasteiger partial charge in [0.2, 0.25) is 5.78 Å². The van der Waals surface area contributed by atoms with Crippen LogP contribution in [0.2, 0.25) is 0 Å². The molecule has 1 N–H and O–H groups in total. The molecule has 0 spiro atoms. The van der Waals surface area contributed by atoms with E-state index in [-0.39, 0.29) is 5.69 Å². The van der Waals surface area contributed by atoms with Gasteiger partial charge in [-0.1, -0.05) is 0 Å². The Morgan fingerprint density at radius 1 is 1.21 bits per heavy atom. The number of halogens is 2. The van der Waals surface area contributed by atoms with Crippen molar-refractivity contribution in [1.82, 2.24) is 0 Å². The average Bonchev–Trinajstić information content (AvgIpc) is 2.11. The van der Waals surface area contributed by atoms with E-state index in [1.165, 1.54) is 6.07 Å². The normalized spacial score (nSPS) is 9.64. The molecule has 0 bridgehead atoms. The highest BCUT2D eigenvalue weighted by Crippen LogP contribution is 2.12. The molecule has 1 aromatic rings. The lowest BCUT2D eigenvalue weighted by atomic mass is 10.3. The van der Waals surface area contributed by atoms with Crippen LogP contribution in [0.1, 0.15) is 6.92 Å². The summed E-state index contributed by atoms with van der Waals surface area (Å²) < 4.78 is 25.1. The molecule has 3 nitrogen and oxygen atoms in total. The number of amides is 1. The Morgan fingerprint density at radius 2 is 1.86 bits per heavy atom. The fourth-order valence-electron chi connectivity index (χ4n) is 0.793. The molecule has 0 heterocycles. The first-order valence-corrected chi connectivity index (χ1v) is 3.77. The second kappa shape index (κ2) is 3.95. The number of ketones is 1. The van der Waals surface area contributed by atoms with Crippen LogP contribution in [0, 0.1) is 11.6 Å². The van der Waals surface area contributed by atoms with Crippen LogP contribution in [0.3, 0.4) is 0 Å². The average molecular weight is 199 g/mol. The molecular weight excluding hydrogens is 192 g/mol. The van der Waals surface area contributed by atoms with E-state index < -0.39 is 23.3 Å². The largest absolute Gasteiger partial charge is 0.319 e. The van der Waals surface area contributed by atoms with E-state index in [4.69, 9.17) is 0 Å². The highest BCUT2D eigenvalue weighted by atomic mass is 19.2. The molecular formula is C9H7F2NO2. The number of nitrogens with one attached hydrogen (secondary N) is 1. The monoisotopic (exact) mass is 199 g/mol. The number of anilines is 1. The van der Waals surface area contributed by atoms with Crippen molar-refractivity contribution in [2.75, 3.05) is 5.32 Å². The second-order valence-corrected chi connectivity index (χ2v) is 2.64. The molecule has 0 aliphatic carbocycles. The molecule has 0 fully saturated rings. The van der Waals surface area contributed by atoms with Gasteiger partial charge in [0.15, 0.2) is 11.6 Å². The molecule has 5 heteroatoms. The number of benzene rings is 1. The number of hydrogen-bond donors (Lipinski definition) is 1. The van der Waals surface area contributed by atoms with Gasteiger partial charge in [0.1, 0.15) is 0 Å². The molecule has 0 atom stereocenters. The fourth-order valence-corrected chi connectivity index (χ4v) is 0.793. The van der Waals surface area contributed by atoms with Gasteiger partial charge in [0.25, 0.3) is 5.91 Å². The summed E-state index contributed by atoms with van der Waals surface area (Å²) in [7, 11) is 0. The van der Waals surface area contributed by atoms with Crippen molar-refractivity contribution in [1.29, 1.82) is 0 Å². The Bertz CT molecular complexity index is 390. The van der Waals surface area contributed by atoms with Crippen LogP contribution in [0.15, 0.2) is 18.2 Å². The molecule has 0 unspecified atom stereocenters. The molecule has 0 aromatic heterocycles. The predicted octanol–water partition coefficient (Wildman–Crippen LogP) is 1.49. The molecule has 14 heavy (non-hydrogen) atoms. The molecule has 1 amide bonds. The quantitative estimate of drug-likeness (QED) is 0.733. The Hall–Kier alpha value is -1.78. The van der Waals surface area contributed by atoms with Gasteiger partial charge >= 0.3 is 0 Å². The zero-order valence-electron chi connectivity index (χ0n) is 7.30. The lowest BCUT2D eigenvalue weighted by Gasteiger charge is -2.02. The van der Waals surface area contributed by atoms with Gasteiger partial charge in [-0.2, -0.15) is 0 Å². The summed E-state index contributed by atoms with van der Waals surface area (Å²) in [5, 5.41) is 2.11. The summed E-state index contributed by atoms with van der Waals surface area (Å²) in [4.78, 5) is 21.4.